The fourth-order valence-corrected chi connectivity index (χ4v) is 1.73. The second-order valence-electron chi connectivity index (χ2n) is 4.16. The maximum Gasteiger partial charge on any atom is 0.353 e. The number of carbonyl (C=O) groups is 1. The highest BCUT2D eigenvalue weighted by Crippen LogP contribution is 2.27. The van der Waals surface area contributed by atoms with Gasteiger partial charge in [0.2, 0.25) is 0 Å². The van der Waals surface area contributed by atoms with E-state index in [2.05, 4.69) is 10.2 Å². The smallest absolute Gasteiger partial charge is 0.353 e. The lowest BCUT2D eigenvalue weighted by molar-refractivity contribution is 0.0690. The van der Waals surface area contributed by atoms with E-state index in [4.69, 9.17) is 5.11 Å². The molecule has 94 valence electrons. The van der Waals surface area contributed by atoms with Crippen molar-refractivity contribution < 1.29 is 14.3 Å². The summed E-state index contributed by atoms with van der Waals surface area (Å²) in [5.41, 5.74) is 2.73. The van der Waals surface area contributed by atoms with Crippen molar-refractivity contribution in [3.8, 4) is 11.3 Å². The predicted octanol–water partition coefficient (Wildman–Crippen LogP) is 3.11. The lowest BCUT2D eigenvalue weighted by Crippen LogP contribution is -1.95. The van der Waals surface area contributed by atoms with E-state index >= 15 is 0 Å². The molecule has 0 saturated heterocycles. The van der Waals surface area contributed by atoms with E-state index in [0.29, 0.717) is 11.3 Å². The van der Waals surface area contributed by atoms with Crippen molar-refractivity contribution in [1.29, 1.82) is 0 Å². The summed E-state index contributed by atoms with van der Waals surface area (Å²) in [6.07, 6.45) is -1.07. The Morgan fingerprint density at radius 2 is 2.17 bits per heavy atom. The molecule has 1 aromatic carbocycles. The second kappa shape index (κ2) is 4.60. The third-order valence-corrected chi connectivity index (χ3v) is 2.81. The number of carboxylic acid groups (broad SMARTS) is 1. The average Bonchev–Trinajstić information content (AvgIpc) is 2.78. The van der Waals surface area contributed by atoms with Crippen molar-refractivity contribution >= 4 is 5.97 Å². The van der Waals surface area contributed by atoms with Gasteiger partial charge in [-0.15, -0.1) is 0 Å². The van der Waals surface area contributed by atoms with E-state index in [1.54, 1.807) is 18.2 Å². The van der Waals surface area contributed by atoms with Crippen LogP contribution in [-0.4, -0.2) is 21.3 Å². The molecule has 18 heavy (non-hydrogen) atoms. The number of aromatic nitrogens is 2. The van der Waals surface area contributed by atoms with Gasteiger partial charge >= 0.3 is 5.97 Å². The van der Waals surface area contributed by atoms with Gasteiger partial charge in [-0.05, 0) is 37.1 Å². The van der Waals surface area contributed by atoms with Gasteiger partial charge in [-0.3, -0.25) is 5.10 Å². The molecule has 1 aromatic heterocycles. The van der Waals surface area contributed by atoms with Crippen LogP contribution in [0.5, 0.6) is 0 Å². The van der Waals surface area contributed by atoms with Crippen molar-refractivity contribution in [3.63, 3.8) is 0 Å². The molecule has 2 aromatic rings. The highest BCUT2D eigenvalue weighted by molar-refractivity contribution is 5.87. The quantitative estimate of drug-likeness (QED) is 0.877. The van der Waals surface area contributed by atoms with Crippen LogP contribution in [-0.2, 0) is 0 Å². The number of aromatic carboxylic acids is 1. The molecule has 1 unspecified atom stereocenters. The average molecular weight is 248 g/mol. The van der Waals surface area contributed by atoms with Gasteiger partial charge in [0, 0.05) is 5.56 Å². The third-order valence-electron chi connectivity index (χ3n) is 2.81. The molecule has 5 heteroatoms. The molecule has 1 heterocycles. The summed E-state index contributed by atoms with van der Waals surface area (Å²) in [4.78, 5) is 10.8. The van der Waals surface area contributed by atoms with Crippen LogP contribution < -0.4 is 0 Å². The van der Waals surface area contributed by atoms with Gasteiger partial charge in [-0.1, -0.05) is 12.1 Å². The van der Waals surface area contributed by atoms with E-state index in [-0.39, 0.29) is 5.69 Å². The van der Waals surface area contributed by atoms with E-state index < -0.39 is 12.1 Å². The minimum absolute atomic E-state index is 0.0168. The van der Waals surface area contributed by atoms with Crippen LogP contribution in [0.25, 0.3) is 11.3 Å². The summed E-state index contributed by atoms with van der Waals surface area (Å²) in [7, 11) is 0. The molecular weight excluding hydrogens is 235 g/mol. The first-order valence-corrected chi connectivity index (χ1v) is 5.52. The number of H-pyrrole nitrogens is 1. The summed E-state index contributed by atoms with van der Waals surface area (Å²) in [6.45, 7) is 3.33. The molecule has 2 rings (SSSR count). The van der Waals surface area contributed by atoms with Gasteiger partial charge in [0.15, 0.2) is 0 Å². The number of aromatic amines is 1. The van der Waals surface area contributed by atoms with Crippen LogP contribution >= 0.6 is 0 Å². The molecule has 0 amide bonds. The fraction of sp³-hybridized carbons (Fsp3) is 0.231. The Balaban J connectivity index is 2.48. The minimum atomic E-state index is -1.07. The van der Waals surface area contributed by atoms with E-state index in [1.807, 2.05) is 6.92 Å². The zero-order chi connectivity index (χ0) is 13.3. The van der Waals surface area contributed by atoms with Crippen LogP contribution in [0.1, 0.15) is 34.7 Å². The van der Waals surface area contributed by atoms with Crippen molar-refractivity contribution in [1.82, 2.24) is 10.2 Å². The summed E-state index contributed by atoms with van der Waals surface area (Å²) in [5, 5.41) is 15.2. The number of nitrogens with zero attached hydrogens (tertiary/aromatic N) is 1. The first-order chi connectivity index (χ1) is 8.49. The van der Waals surface area contributed by atoms with E-state index in [9.17, 15) is 9.18 Å². The van der Waals surface area contributed by atoms with Crippen LogP contribution in [0.4, 0.5) is 4.39 Å². The lowest BCUT2D eigenvalue weighted by Gasteiger charge is -2.07. The standard InChI is InChI=1S/C13H13FN2O2/c1-7-3-4-9(8(2)14)5-10(7)11-6-12(13(17)18)16-15-11/h3-6,8H,1-2H3,(H,15,16)(H,17,18). The maximum atomic E-state index is 13.3. The molecule has 2 N–H and O–H groups in total. The first-order valence-electron chi connectivity index (χ1n) is 5.52. The Morgan fingerprint density at radius 3 is 2.72 bits per heavy atom. The van der Waals surface area contributed by atoms with Crippen molar-refractivity contribution in [2.24, 2.45) is 0 Å². The van der Waals surface area contributed by atoms with Crippen molar-refractivity contribution in [3.05, 3.63) is 41.1 Å². The largest absolute Gasteiger partial charge is 0.477 e. The molecule has 0 radical (unpaired) electrons. The van der Waals surface area contributed by atoms with E-state index in [1.165, 1.54) is 13.0 Å². The summed E-state index contributed by atoms with van der Waals surface area (Å²) in [6, 6.07) is 6.66. The van der Waals surface area contributed by atoms with Gasteiger partial charge < -0.3 is 5.11 Å². The van der Waals surface area contributed by atoms with Gasteiger partial charge in [0.25, 0.3) is 0 Å². The van der Waals surface area contributed by atoms with Crippen molar-refractivity contribution in [2.75, 3.05) is 0 Å². The molecule has 0 bridgehead atoms. The van der Waals surface area contributed by atoms with Gasteiger partial charge in [0.1, 0.15) is 11.9 Å². The predicted molar refractivity (Wildman–Crippen MR) is 65.2 cm³/mol. The number of hydrogen-bond donors (Lipinski definition) is 2. The number of halogens is 1. The Labute approximate surface area is 103 Å². The Kier molecular flexibility index (Phi) is 3.14. The Bertz CT molecular complexity index is 590. The number of carboxylic acids is 1. The van der Waals surface area contributed by atoms with Gasteiger partial charge in [-0.25, -0.2) is 9.18 Å². The summed E-state index contributed by atoms with van der Waals surface area (Å²) in [5.74, 6) is -1.07. The van der Waals surface area contributed by atoms with Gasteiger partial charge in [-0.2, -0.15) is 5.10 Å². The molecule has 0 spiro atoms. The molecule has 0 fully saturated rings. The molecule has 0 saturated carbocycles. The molecule has 0 aliphatic carbocycles. The Hall–Kier alpha value is -2.17. The van der Waals surface area contributed by atoms with Crippen LogP contribution in [0.2, 0.25) is 0 Å². The molecular formula is C13H13FN2O2. The van der Waals surface area contributed by atoms with Crippen LogP contribution in [0.3, 0.4) is 0 Å². The monoisotopic (exact) mass is 248 g/mol. The maximum absolute atomic E-state index is 13.3. The van der Waals surface area contributed by atoms with Crippen molar-refractivity contribution in [2.45, 2.75) is 20.0 Å². The third kappa shape index (κ3) is 2.25. The summed E-state index contributed by atoms with van der Waals surface area (Å²) < 4.78 is 13.3. The number of rotatable bonds is 3. The number of alkyl halides is 1. The Morgan fingerprint density at radius 1 is 1.44 bits per heavy atom. The molecule has 1 atom stereocenters. The van der Waals surface area contributed by atoms with E-state index in [0.717, 1.165) is 11.1 Å². The fourth-order valence-electron chi connectivity index (χ4n) is 1.73. The number of aryl methyl sites for hydroxylation is 1. The van der Waals surface area contributed by atoms with Crippen LogP contribution in [0.15, 0.2) is 24.3 Å². The zero-order valence-corrected chi connectivity index (χ0v) is 10.1. The minimum Gasteiger partial charge on any atom is -0.477 e. The van der Waals surface area contributed by atoms with Gasteiger partial charge in [0.05, 0.1) is 5.69 Å². The molecule has 0 aliphatic rings. The molecule has 4 nitrogen and oxygen atoms in total. The number of nitrogens with one attached hydrogen (secondary N) is 1. The summed E-state index contributed by atoms with van der Waals surface area (Å²) >= 11 is 0. The normalized spacial score (nSPS) is 12.4. The topological polar surface area (TPSA) is 66.0 Å². The number of benzene rings is 1. The highest BCUT2D eigenvalue weighted by Gasteiger charge is 2.13. The number of hydrogen-bond acceptors (Lipinski definition) is 2. The lowest BCUT2D eigenvalue weighted by atomic mass is 10.0. The highest BCUT2D eigenvalue weighted by atomic mass is 19.1. The SMILES string of the molecule is Cc1ccc(C(C)F)cc1-c1cc(C(=O)O)[nH]n1. The molecule has 0 aliphatic heterocycles. The van der Waals surface area contributed by atoms with Crippen LogP contribution in [0, 0.1) is 6.92 Å². The second-order valence-corrected chi connectivity index (χ2v) is 4.16. The zero-order valence-electron chi connectivity index (χ0n) is 10.1. The first kappa shape index (κ1) is 12.3.